The predicted octanol–water partition coefficient (Wildman–Crippen LogP) is 8.49. The van der Waals surface area contributed by atoms with Crippen LogP contribution in [0.3, 0.4) is 0 Å². The number of unbranched alkanes of at least 4 members (excludes halogenated alkanes) is 4. The van der Waals surface area contributed by atoms with E-state index >= 15 is 0 Å². The molecule has 4 heteroatoms. The summed E-state index contributed by atoms with van der Waals surface area (Å²) in [5.74, 6) is 1.38. The van der Waals surface area contributed by atoms with Crippen molar-refractivity contribution in [3.05, 3.63) is 47.1 Å². The molecular weight excluding hydrogens is 448 g/mol. The molecule has 204 valence electrons. The summed E-state index contributed by atoms with van der Waals surface area (Å²) in [7, 11) is 1.53. The van der Waals surface area contributed by atoms with Crippen molar-refractivity contribution in [2.45, 2.75) is 124 Å². The summed E-state index contributed by atoms with van der Waals surface area (Å²) in [6.45, 7) is 10.6. The highest BCUT2D eigenvalue weighted by Gasteiger charge is 2.31. The molecule has 0 aliphatic heterocycles. The van der Waals surface area contributed by atoms with Gasteiger partial charge in [0.15, 0.2) is 11.5 Å². The van der Waals surface area contributed by atoms with Crippen LogP contribution in [0, 0.1) is 5.92 Å². The fraction of sp³-hybridized carbons (Fsp3) is 0.656. The van der Waals surface area contributed by atoms with Crippen LogP contribution in [0.5, 0.6) is 11.5 Å². The number of methoxy groups -OCH3 is 1. The second kappa shape index (κ2) is 17.4. The van der Waals surface area contributed by atoms with Crippen LogP contribution in [0.4, 0.5) is 0 Å². The van der Waals surface area contributed by atoms with E-state index in [0.29, 0.717) is 36.7 Å². The Morgan fingerprint density at radius 3 is 2.50 bits per heavy atom. The average molecular weight is 501 g/mol. The maximum absolute atomic E-state index is 11.8. The van der Waals surface area contributed by atoms with Crippen molar-refractivity contribution >= 4 is 5.78 Å². The van der Waals surface area contributed by atoms with Gasteiger partial charge in [-0.3, -0.25) is 4.79 Å². The summed E-state index contributed by atoms with van der Waals surface area (Å²) >= 11 is 0. The number of benzene rings is 1. The minimum Gasteiger partial charge on any atom is -0.504 e. The number of aryl methyl sites for hydroxylation is 1. The Balaban J connectivity index is 0.000000369. The van der Waals surface area contributed by atoms with E-state index in [9.17, 15) is 15.0 Å². The standard InChI is InChI=1S/C17H26O3.C15H26O/c1-3-4-5-6-7-8-15(18)11-9-14-10-12-16(19)17(13-14)20-2;1-12(2)6-5-11-15(4,16)14-9-7-13(3)8-10-14/h10,12-13,19H,3-9,11H2,1-2H3;6-7,14,16H,5,8-11H2,1-4H3/t;14-,15+/m.0/s1. The molecule has 1 aliphatic rings. The molecule has 0 unspecified atom stereocenters. The van der Waals surface area contributed by atoms with Crippen LogP contribution >= 0.6 is 0 Å². The molecule has 2 atom stereocenters. The smallest absolute Gasteiger partial charge is 0.160 e. The number of allylic oxidation sites excluding steroid dienone is 4. The highest BCUT2D eigenvalue weighted by molar-refractivity contribution is 5.78. The molecule has 0 radical (unpaired) electrons. The second-order valence-corrected chi connectivity index (χ2v) is 10.9. The zero-order valence-corrected chi connectivity index (χ0v) is 23.9. The second-order valence-electron chi connectivity index (χ2n) is 10.9. The molecule has 1 aromatic carbocycles. The number of Topliss-reactive ketones (excluding diaryl/α,β-unsaturated/α-hetero) is 1. The number of carbonyl (C=O) groups excluding carboxylic acids is 1. The van der Waals surface area contributed by atoms with Gasteiger partial charge in [-0.1, -0.05) is 62.0 Å². The van der Waals surface area contributed by atoms with Gasteiger partial charge in [0, 0.05) is 12.8 Å². The number of ketones is 1. The van der Waals surface area contributed by atoms with E-state index in [-0.39, 0.29) is 5.75 Å². The zero-order chi connectivity index (χ0) is 27.0. The third-order valence-electron chi connectivity index (χ3n) is 7.22. The van der Waals surface area contributed by atoms with Crippen molar-refractivity contribution in [1.29, 1.82) is 0 Å². The lowest BCUT2D eigenvalue weighted by Gasteiger charge is -2.34. The van der Waals surface area contributed by atoms with Crippen molar-refractivity contribution in [3.63, 3.8) is 0 Å². The topological polar surface area (TPSA) is 66.8 Å². The van der Waals surface area contributed by atoms with E-state index in [2.05, 4.69) is 39.8 Å². The van der Waals surface area contributed by atoms with E-state index in [1.54, 1.807) is 12.1 Å². The first kappa shape index (κ1) is 32.0. The zero-order valence-electron chi connectivity index (χ0n) is 23.9. The summed E-state index contributed by atoms with van der Waals surface area (Å²) in [6.07, 6.45) is 17.6. The third-order valence-corrected chi connectivity index (χ3v) is 7.22. The first-order chi connectivity index (χ1) is 17.1. The van der Waals surface area contributed by atoms with Crippen molar-refractivity contribution in [3.8, 4) is 11.5 Å². The Kier molecular flexibility index (Phi) is 15.4. The molecule has 0 amide bonds. The SMILES string of the molecule is CC(C)=CCC[C@@](C)(O)[C@H]1CC=C(C)CC1.CCCCCCCC(=O)CCc1ccc(O)c(OC)c1. The number of phenolic OH excluding ortho intramolecular Hbond substituents is 1. The summed E-state index contributed by atoms with van der Waals surface area (Å²) in [6, 6.07) is 5.25. The van der Waals surface area contributed by atoms with Crippen LogP contribution in [0.2, 0.25) is 0 Å². The molecule has 2 N–H and O–H groups in total. The lowest BCUT2D eigenvalue weighted by Crippen LogP contribution is -2.35. The van der Waals surface area contributed by atoms with Gasteiger partial charge in [-0.15, -0.1) is 0 Å². The summed E-state index contributed by atoms with van der Waals surface area (Å²) in [5.41, 5.74) is 3.36. The lowest BCUT2D eigenvalue weighted by molar-refractivity contribution is -0.119. The largest absolute Gasteiger partial charge is 0.504 e. The van der Waals surface area contributed by atoms with Crippen molar-refractivity contribution in [1.82, 2.24) is 0 Å². The molecule has 4 nitrogen and oxygen atoms in total. The van der Waals surface area contributed by atoms with Crippen molar-refractivity contribution in [2.24, 2.45) is 5.92 Å². The Hall–Kier alpha value is -2.07. The van der Waals surface area contributed by atoms with E-state index in [0.717, 1.165) is 50.5 Å². The molecule has 0 saturated heterocycles. The highest BCUT2D eigenvalue weighted by atomic mass is 16.5. The number of carbonyl (C=O) groups is 1. The van der Waals surface area contributed by atoms with Crippen LogP contribution in [0.25, 0.3) is 0 Å². The van der Waals surface area contributed by atoms with E-state index in [1.807, 2.05) is 13.0 Å². The van der Waals surface area contributed by atoms with Gasteiger partial charge in [-0.2, -0.15) is 0 Å². The Labute approximate surface area is 220 Å². The molecular formula is C32H52O4. The molecule has 0 fully saturated rings. The maximum atomic E-state index is 11.8. The molecule has 0 spiro atoms. The number of hydrogen-bond donors (Lipinski definition) is 2. The van der Waals surface area contributed by atoms with Gasteiger partial charge in [0.1, 0.15) is 5.78 Å². The molecule has 0 aromatic heterocycles. The lowest BCUT2D eigenvalue weighted by atomic mass is 9.76. The number of rotatable bonds is 14. The van der Waals surface area contributed by atoms with Gasteiger partial charge in [-0.05, 0) is 96.3 Å². The number of ether oxygens (including phenoxy) is 1. The fourth-order valence-electron chi connectivity index (χ4n) is 4.60. The summed E-state index contributed by atoms with van der Waals surface area (Å²) in [5, 5.41) is 20.0. The fourth-order valence-corrected chi connectivity index (χ4v) is 4.60. The number of hydrogen-bond acceptors (Lipinski definition) is 4. The van der Waals surface area contributed by atoms with E-state index < -0.39 is 5.60 Å². The number of aliphatic hydroxyl groups is 1. The first-order valence-electron chi connectivity index (χ1n) is 14.0. The van der Waals surface area contributed by atoms with Gasteiger partial charge in [0.2, 0.25) is 0 Å². The molecule has 1 aromatic rings. The number of phenols is 1. The third kappa shape index (κ3) is 13.3. The molecule has 1 aliphatic carbocycles. The normalized spacial score (nSPS) is 16.8. The first-order valence-corrected chi connectivity index (χ1v) is 14.0. The van der Waals surface area contributed by atoms with Crippen LogP contribution in [0.1, 0.15) is 117 Å². The van der Waals surface area contributed by atoms with E-state index in [1.165, 1.54) is 37.5 Å². The minimum absolute atomic E-state index is 0.138. The quantitative estimate of drug-likeness (QED) is 0.198. The Morgan fingerprint density at radius 1 is 1.17 bits per heavy atom. The van der Waals surface area contributed by atoms with Gasteiger partial charge in [0.25, 0.3) is 0 Å². The van der Waals surface area contributed by atoms with Gasteiger partial charge >= 0.3 is 0 Å². The highest BCUT2D eigenvalue weighted by Crippen LogP contribution is 2.34. The Bertz CT molecular complexity index is 831. The molecule has 0 heterocycles. The summed E-state index contributed by atoms with van der Waals surface area (Å²) in [4.78, 5) is 11.8. The summed E-state index contributed by atoms with van der Waals surface area (Å²) < 4.78 is 5.06. The monoisotopic (exact) mass is 500 g/mol. The van der Waals surface area contributed by atoms with Gasteiger partial charge in [0.05, 0.1) is 12.7 Å². The number of aromatic hydroxyl groups is 1. The van der Waals surface area contributed by atoms with Crippen molar-refractivity contribution in [2.75, 3.05) is 7.11 Å². The predicted molar refractivity (Wildman–Crippen MR) is 152 cm³/mol. The molecule has 0 saturated carbocycles. The van der Waals surface area contributed by atoms with Crippen LogP contribution in [0.15, 0.2) is 41.5 Å². The average Bonchev–Trinajstić information content (AvgIpc) is 2.83. The Morgan fingerprint density at radius 2 is 1.89 bits per heavy atom. The minimum atomic E-state index is -0.497. The van der Waals surface area contributed by atoms with Crippen LogP contribution < -0.4 is 4.74 Å². The van der Waals surface area contributed by atoms with Gasteiger partial charge in [-0.25, -0.2) is 0 Å². The molecule has 2 rings (SSSR count). The molecule has 36 heavy (non-hydrogen) atoms. The van der Waals surface area contributed by atoms with E-state index in [4.69, 9.17) is 4.74 Å². The molecule has 0 bridgehead atoms. The van der Waals surface area contributed by atoms with Crippen molar-refractivity contribution < 1.29 is 19.7 Å². The van der Waals surface area contributed by atoms with Gasteiger partial charge < -0.3 is 14.9 Å². The van der Waals surface area contributed by atoms with Crippen LogP contribution in [-0.4, -0.2) is 28.7 Å². The maximum Gasteiger partial charge on any atom is 0.160 e. The van der Waals surface area contributed by atoms with Crippen LogP contribution in [-0.2, 0) is 11.2 Å².